The van der Waals surface area contributed by atoms with Crippen LogP contribution in [0.25, 0.3) is 56.0 Å². The Kier molecular flexibility index (Phi) is 3.86. The Labute approximate surface area is 175 Å². The Balaban J connectivity index is 1.53. The molecule has 0 saturated heterocycles. The third-order valence-electron chi connectivity index (χ3n) is 5.29. The van der Waals surface area contributed by atoms with E-state index in [4.69, 9.17) is 4.98 Å². The summed E-state index contributed by atoms with van der Waals surface area (Å²) >= 11 is 0. The van der Waals surface area contributed by atoms with Crippen molar-refractivity contribution in [3.05, 3.63) is 84.9 Å². The average molecular weight is 406 g/mol. The minimum Gasteiger partial charge on any atom is -0.338 e. The van der Waals surface area contributed by atoms with Crippen molar-refractivity contribution in [2.45, 2.75) is 0 Å². The molecule has 0 saturated carbocycles. The van der Waals surface area contributed by atoms with Gasteiger partial charge in [-0.1, -0.05) is 24.3 Å². The summed E-state index contributed by atoms with van der Waals surface area (Å²) in [7, 11) is 0. The van der Waals surface area contributed by atoms with Crippen molar-refractivity contribution in [2.75, 3.05) is 0 Å². The zero-order valence-corrected chi connectivity index (χ0v) is 16.2. The zero-order valence-electron chi connectivity index (χ0n) is 16.2. The number of pyridine rings is 3. The van der Waals surface area contributed by atoms with E-state index in [1.165, 1.54) is 6.07 Å². The SMILES string of the molecule is Fc1ccccc1-c1ccnc2[nH]c(-c3n[nH]c4ccc(-c5ccccn5)nc34)cc12. The van der Waals surface area contributed by atoms with Crippen LogP contribution in [0.4, 0.5) is 4.39 Å². The summed E-state index contributed by atoms with van der Waals surface area (Å²) < 4.78 is 14.4. The van der Waals surface area contributed by atoms with E-state index in [-0.39, 0.29) is 5.82 Å². The molecule has 2 N–H and O–H groups in total. The van der Waals surface area contributed by atoms with Crippen LogP contribution in [0.2, 0.25) is 0 Å². The van der Waals surface area contributed by atoms with Gasteiger partial charge in [-0.25, -0.2) is 14.4 Å². The van der Waals surface area contributed by atoms with Crippen molar-refractivity contribution in [1.82, 2.24) is 30.1 Å². The largest absolute Gasteiger partial charge is 0.338 e. The van der Waals surface area contributed by atoms with Crippen LogP contribution in [-0.2, 0) is 0 Å². The first kappa shape index (κ1) is 17.5. The van der Waals surface area contributed by atoms with E-state index < -0.39 is 0 Å². The van der Waals surface area contributed by atoms with Crippen molar-refractivity contribution in [3.63, 3.8) is 0 Å². The molecule has 0 unspecified atom stereocenters. The first-order valence-electron chi connectivity index (χ1n) is 9.77. The number of nitrogens with one attached hydrogen (secondary N) is 2. The number of aromatic nitrogens is 6. The van der Waals surface area contributed by atoms with E-state index in [0.29, 0.717) is 16.9 Å². The van der Waals surface area contributed by atoms with Gasteiger partial charge in [0, 0.05) is 23.3 Å². The number of halogens is 1. The molecule has 148 valence electrons. The molecule has 0 fully saturated rings. The Bertz CT molecular complexity index is 1550. The number of hydrogen-bond donors (Lipinski definition) is 2. The van der Waals surface area contributed by atoms with Crippen LogP contribution in [0, 0.1) is 5.82 Å². The molecule has 7 heteroatoms. The molecule has 6 aromatic rings. The molecule has 6 nitrogen and oxygen atoms in total. The van der Waals surface area contributed by atoms with Gasteiger partial charge in [-0.15, -0.1) is 0 Å². The summed E-state index contributed by atoms with van der Waals surface area (Å²) in [5.74, 6) is -0.273. The van der Waals surface area contributed by atoms with E-state index in [1.807, 2.05) is 48.5 Å². The van der Waals surface area contributed by atoms with Crippen LogP contribution < -0.4 is 0 Å². The highest BCUT2D eigenvalue weighted by Crippen LogP contribution is 2.34. The predicted molar refractivity (Wildman–Crippen MR) is 118 cm³/mol. The number of fused-ring (bicyclic) bond motifs is 2. The van der Waals surface area contributed by atoms with Gasteiger partial charge in [0.05, 0.1) is 22.6 Å². The standard InChI is InChI=1S/C24H15FN6/c25-17-6-2-1-5-15(17)14-10-12-27-24-16(14)13-21(29-24)23-22-20(30-31-23)9-8-19(28-22)18-7-3-4-11-26-18/h1-13H,(H,27,29)(H,30,31). The highest BCUT2D eigenvalue weighted by atomic mass is 19.1. The third kappa shape index (κ3) is 2.86. The van der Waals surface area contributed by atoms with Gasteiger partial charge in [0.2, 0.25) is 0 Å². The first-order chi connectivity index (χ1) is 15.3. The minimum atomic E-state index is -0.273. The molecule has 0 bridgehead atoms. The quantitative estimate of drug-likeness (QED) is 0.414. The Morgan fingerprint density at radius 2 is 1.68 bits per heavy atom. The average Bonchev–Trinajstić information content (AvgIpc) is 3.43. The Morgan fingerprint density at radius 1 is 0.774 bits per heavy atom. The molecule has 1 aromatic carbocycles. The maximum absolute atomic E-state index is 14.4. The van der Waals surface area contributed by atoms with Gasteiger partial charge >= 0.3 is 0 Å². The second kappa shape index (κ2) is 6.84. The maximum atomic E-state index is 14.4. The summed E-state index contributed by atoms with van der Waals surface area (Å²) in [4.78, 5) is 16.9. The van der Waals surface area contributed by atoms with Crippen molar-refractivity contribution in [2.24, 2.45) is 0 Å². The van der Waals surface area contributed by atoms with Crippen LogP contribution in [0.3, 0.4) is 0 Å². The van der Waals surface area contributed by atoms with Crippen molar-refractivity contribution >= 4 is 22.1 Å². The van der Waals surface area contributed by atoms with Gasteiger partial charge in [0.1, 0.15) is 22.7 Å². The molecule has 0 amide bonds. The molecule has 0 aliphatic heterocycles. The molecule has 6 rings (SSSR count). The molecule has 0 spiro atoms. The van der Waals surface area contributed by atoms with E-state index >= 15 is 0 Å². The normalized spacial score (nSPS) is 11.4. The zero-order chi connectivity index (χ0) is 20.8. The van der Waals surface area contributed by atoms with Gasteiger partial charge in [-0.3, -0.25) is 10.1 Å². The predicted octanol–water partition coefficient (Wildman–Crippen LogP) is 5.37. The molecule has 5 heterocycles. The van der Waals surface area contributed by atoms with Gasteiger partial charge < -0.3 is 4.98 Å². The highest BCUT2D eigenvalue weighted by molar-refractivity contribution is 5.99. The number of benzene rings is 1. The van der Waals surface area contributed by atoms with E-state index in [9.17, 15) is 4.39 Å². The monoisotopic (exact) mass is 406 g/mol. The lowest BCUT2D eigenvalue weighted by Crippen LogP contribution is -1.88. The van der Waals surface area contributed by atoms with Crippen LogP contribution in [0.5, 0.6) is 0 Å². The Morgan fingerprint density at radius 3 is 2.55 bits per heavy atom. The molecule has 0 atom stereocenters. The lowest BCUT2D eigenvalue weighted by molar-refractivity contribution is 0.631. The number of aromatic amines is 2. The first-order valence-corrected chi connectivity index (χ1v) is 9.77. The molecule has 5 aromatic heterocycles. The fraction of sp³-hybridized carbons (Fsp3) is 0. The van der Waals surface area contributed by atoms with Crippen LogP contribution >= 0.6 is 0 Å². The molecular weight excluding hydrogens is 391 g/mol. The van der Waals surface area contributed by atoms with Gasteiger partial charge in [-0.2, -0.15) is 5.10 Å². The fourth-order valence-electron chi connectivity index (χ4n) is 3.81. The van der Waals surface area contributed by atoms with Gasteiger partial charge in [0.15, 0.2) is 0 Å². The van der Waals surface area contributed by atoms with Crippen LogP contribution in [0.1, 0.15) is 0 Å². The fourth-order valence-corrected chi connectivity index (χ4v) is 3.81. The number of hydrogen-bond acceptors (Lipinski definition) is 4. The topological polar surface area (TPSA) is 83.1 Å². The Hall–Kier alpha value is -4.39. The maximum Gasteiger partial charge on any atom is 0.138 e. The molecular formula is C24H15FN6. The number of nitrogens with zero attached hydrogens (tertiary/aromatic N) is 4. The smallest absolute Gasteiger partial charge is 0.138 e. The second-order valence-electron chi connectivity index (χ2n) is 7.16. The van der Waals surface area contributed by atoms with Crippen molar-refractivity contribution in [1.29, 1.82) is 0 Å². The lowest BCUT2D eigenvalue weighted by Gasteiger charge is -2.04. The summed E-state index contributed by atoms with van der Waals surface area (Å²) in [5.41, 5.74) is 6.48. The van der Waals surface area contributed by atoms with Gasteiger partial charge in [-0.05, 0) is 48.0 Å². The van der Waals surface area contributed by atoms with Crippen molar-refractivity contribution < 1.29 is 4.39 Å². The summed E-state index contributed by atoms with van der Waals surface area (Å²) in [5, 5.41) is 8.33. The van der Waals surface area contributed by atoms with Gasteiger partial charge in [0.25, 0.3) is 0 Å². The van der Waals surface area contributed by atoms with E-state index in [1.54, 1.807) is 24.5 Å². The lowest BCUT2D eigenvalue weighted by atomic mass is 10.0. The molecule has 31 heavy (non-hydrogen) atoms. The third-order valence-corrected chi connectivity index (χ3v) is 5.29. The molecule has 0 radical (unpaired) electrons. The summed E-state index contributed by atoms with van der Waals surface area (Å²) in [6.07, 6.45) is 3.41. The van der Waals surface area contributed by atoms with E-state index in [0.717, 1.165) is 39.1 Å². The van der Waals surface area contributed by atoms with Crippen LogP contribution in [-0.4, -0.2) is 30.1 Å². The minimum absolute atomic E-state index is 0.273. The van der Waals surface area contributed by atoms with Crippen LogP contribution in [0.15, 0.2) is 79.1 Å². The highest BCUT2D eigenvalue weighted by Gasteiger charge is 2.17. The number of rotatable bonds is 3. The van der Waals surface area contributed by atoms with E-state index in [2.05, 4.69) is 25.1 Å². The van der Waals surface area contributed by atoms with Crippen molar-refractivity contribution in [3.8, 4) is 33.9 Å². The number of H-pyrrole nitrogens is 2. The molecule has 0 aliphatic rings. The summed E-state index contributed by atoms with van der Waals surface area (Å²) in [6.45, 7) is 0. The summed E-state index contributed by atoms with van der Waals surface area (Å²) in [6, 6.07) is 20.1. The molecule has 0 aliphatic carbocycles. The second-order valence-corrected chi connectivity index (χ2v) is 7.16.